The molecule has 4 nitrogen and oxygen atoms in total. The maximum atomic E-state index is 12.2. The topological polar surface area (TPSA) is 59.5 Å². The molecule has 1 aromatic heterocycles. The molecule has 1 aliphatic heterocycles. The van der Waals surface area contributed by atoms with E-state index < -0.39 is 0 Å². The molecule has 1 aliphatic carbocycles. The van der Waals surface area contributed by atoms with E-state index in [-0.39, 0.29) is 11.4 Å². The Balaban J connectivity index is 1.81. The molecular weight excluding hydrogens is 204 g/mol. The van der Waals surface area contributed by atoms with Crippen molar-refractivity contribution >= 4 is 5.91 Å². The zero-order valence-electron chi connectivity index (χ0n) is 9.62. The molecule has 16 heavy (non-hydrogen) atoms. The zero-order chi connectivity index (χ0) is 11.5. The highest BCUT2D eigenvalue weighted by Gasteiger charge is 2.58. The highest BCUT2D eigenvalue weighted by molar-refractivity contribution is 5.95. The van der Waals surface area contributed by atoms with E-state index >= 15 is 0 Å². The minimum absolute atomic E-state index is 0.0615. The Kier molecular flexibility index (Phi) is 1.79. The van der Waals surface area contributed by atoms with Crippen molar-refractivity contribution in [2.75, 3.05) is 13.1 Å². The molecular formula is C12H16N2O2. The van der Waals surface area contributed by atoms with Crippen molar-refractivity contribution < 1.29 is 9.21 Å². The molecule has 1 amide bonds. The molecule has 0 radical (unpaired) electrons. The Morgan fingerprint density at radius 1 is 1.62 bits per heavy atom. The van der Waals surface area contributed by atoms with E-state index in [9.17, 15) is 4.79 Å². The van der Waals surface area contributed by atoms with Gasteiger partial charge < -0.3 is 15.1 Å². The molecule has 0 aromatic carbocycles. The van der Waals surface area contributed by atoms with Crippen LogP contribution in [0.4, 0.5) is 0 Å². The second-order valence-electron chi connectivity index (χ2n) is 5.15. The number of carbonyl (C=O) groups is 1. The van der Waals surface area contributed by atoms with Crippen LogP contribution in [0.25, 0.3) is 0 Å². The third kappa shape index (κ3) is 1.29. The molecule has 2 heterocycles. The molecule has 86 valence electrons. The fourth-order valence-corrected chi connectivity index (χ4v) is 2.69. The van der Waals surface area contributed by atoms with Gasteiger partial charge in [0.2, 0.25) is 0 Å². The monoisotopic (exact) mass is 220 g/mol. The zero-order valence-corrected chi connectivity index (χ0v) is 9.62. The van der Waals surface area contributed by atoms with Crippen molar-refractivity contribution in [1.82, 2.24) is 4.90 Å². The number of fused-ring (bicyclic) bond motifs is 1. The molecule has 1 saturated heterocycles. The van der Waals surface area contributed by atoms with E-state index in [1.54, 1.807) is 0 Å². The number of likely N-dealkylation sites (tertiary alicyclic amines) is 1. The molecule has 1 aromatic rings. The molecule has 0 spiro atoms. The van der Waals surface area contributed by atoms with Gasteiger partial charge in [-0.05, 0) is 32.3 Å². The third-order valence-corrected chi connectivity index (χ3v) is 3.76. The fraction of sp³-hybridized carbons (Fsp3) is 0.583. The number of piperidine rings is 1. The molecule has 2 N–H and O–H groups in total. The Hall–Kier alpha value is -1.29. The number of amides is 1. The predicted octanol–water partition coefficient (Wildman–Crippen LogP) is 1.07. The molecule has 2 fully saturated rings. The summed E-state index contributed by atoms with van der Waals surface area (Å²) in [6.45, 7) is 5.18. The number of nitrogens with two attached hydrogens (primary N) is 1. The largest absolute Gasteiger partial charge is 0.466 e. The minimum Gasteiger partial charge on any atom is -0.466 e. The lowest BCUT2D eigenvalue weighted by atomic mass is 10.2. The average molecular weight is 220 g/mol. The number of hydrogen-bond donors (Lipinski definition) is 1. The van der Waals surface area contributed by atoms with Crippen LogP contribution in [0.5, 0.6) is 0 Å². The van der Waals surface area contributed by atoms with Gasteiger partial charge in [0.15, 0.2) is 0 Å². The minimum atomic E-state index is -0.0810. The Bertz CT molecular complexity index is 466. The molecule has 4 heteroatoms. The van der Waals surface area contributed by atoms with E-state index in [1.807, 2.05) is 24.8 Å². The number of rotatable bonds is 1. The maximum absolute atomic E-state index is 12.2. The molecule has 1 saturated carbocycles. The quantitative estimate of drug-likeness (QED) is 0.770. The van der Waals surface area contributed by atoms with Crippen molar-refractivity contribution in [2.24, 2.45) is 11.7 Å². The van der Waals surface area contributed by atoms with Gasteiger partial charge in [0.1, 0.15) is 11.5 Å². The van der Waals surface area contributed by atoms with Gasteiger partial charge >= 0.3 is 0 Å². The van der Waals surface area contributed by atoms with E-state index in [2.05, 4.69) is 0 Å². The fourth-order valence-electron chi connectivity index (χ4n) is 2.69. The van der Waals surface area contributed by atoms with E-state index in [0.717, 1.165) is 18.7 Å². The van der Waals surface area contributed by atoms with Crippen LogP contribution in [-0.2, 0) is 0 Å². The second-order valence-corrected chi connectivity index (χ2v) is 5.15. The average Bonchev–Trinajstić information content (AvgIpc) is 2.54. The van der Waals surface area contributed by atoms with Crippen molar-refractivity contribution in [3.05, 3.63) is 23.2 Å². The Morgan fingerprint density at radius 2 is 2.38 bits per heavy atom. The summed E-state index contributed by atoms with van der Waals surface area (Å²) < 4.78 is 5.38. The van der Waals surface area contributed by atoms with Crippen LogP contribution in [0.2, 0.25) is 0 Å². The summed E-state index contributed by atoms with van der Waals surface area (Å²) in [5, 5.41) is 0. The van der Waals surface area contributed by atoms with Crippen molar-refractivity contribution in [3.63, 3.8) is 0 Å². The van der Waals surface area contributed by atoms with Crippen LogP contribution in [0.1, 0.15) is 28.3 Å². The summed E-state index contributed by atoms with van der Waals surface area (Å²) in [5.41, 5.74) is 6.69. The first-order valence-electron chi connectivity index (χ1n) is 5.65. The van der Waals surface area contributed by atoms with Crippen LogP contribution in [0, 0.1) is 19.8 Å². The summed E-state index contributed by atoms with van der Waals surface area (Å²) in [6.07, 6.45) is 1.07. The first kappa shape index (κ1) is 9.90. The van der Waals surface area contributed by atoms with Gasteiger partial charge in [0.05, 0.1) is 5.56 Å². The van der Waals surface area contributed by atoms with Crippen LogP contribution in [-0.4, -0.2) is 29.4 Å². The lowest BCUT2D eigenvalue weighted by molar-refractivity contribution is 0.0771. The lowest BCUT2D eigenvalue weighted by Gasteiger charge is -2.18. The smallest absolute Gasteiger partial charge is 0.257 e. The summed E-state index contributed by atoms with van der Waals surface area (Å²) >= 11 is 0. The van der Waals surface area contributed by atoms with Gasteiger partial charge in [-0.15, -0.1) is 0 Å². The van der Waals surface area contributed by atoms with Crippen LogP contribution >= 0.6 is 0 Å². The predicted molar refractivity (Wildman–Crippen MR) is 59.1 cm³/mol. The molecule has 3 rings (SSSR count). The standard InChI is InChI=1S/C12H16N2O2/c1-7-3-10(8(2)16-7)11(15)14-5-9-4-12(9,13)6-14/h3,9H,4-6,13H2,1-2H3. The van der Waals surface area contributed by atoms with Crippen LogP contribution in [0.3, 0.4) is 0 Å². The van der Waals surface area contributed by atoms with Gasteiger partial charge in [-0.1, -0.05) is 0 Å². The first-order valence-corrected chi connectivity index (χ1v) is 5.65. The molecule has 2 unspecified atom stereocenters. The van der Waals surface area contributed by atoms with Crippen LogP contribution < -0.4 is 5.73 Å². The molecule has 2 atom stereocenters. The van der Waals surface area contributed by atoms with E-state index in [0.29, 0.717) is 23.8 Å². The van der Waals surface area contributed by atoms with Crippen LogP contribution in [0.15, 0.2) is 10.5 Å². The Morgan fingerprint density at radius 3 is 2.88 bits per heavy atom. The van der Waals surface area contributed by atoms with E-state index in [1.165, 1.54) is 0 Å². The first-order chi connectivity index (χ1) is 7.49. The summed E-state index contributed by atoms with van der Waals surface area (Å²) in [6, 6.07) is 1.81. The van der Waals surface area contributed by atoms with Crippen molar-refractivity contribution in [1.29, 1.82) is 0 Å². The lowest BCUT2D eigenvalue weighted by Crippen LogP contribution is -2.37. The Labute approximate surface area is 94.4 Å². The highest BCUT2D eigenvalue weighted by atomic mass is 16.3. The second kappa shape index (κ2) is 2.88. The number of carbonyl (C=O) groups excluding carboxylic acids is 1. The highest BCUT2D eigenvalue weighted by Crippen LogP contribution is 2.47. The van der Waals surface area contributed by atoms with Gasteiger partial charge in [-0.2, -0.15) is 0 Å². The normalized spacial score (nSPS) is 31.7. The summed E-state index contributed by atoms with van der Waals surface area (Å²) in [4.78, 5) is 14.1. The third-order valence-electron chi connectivity index (χ3n) is 3.76. The summed E-state index contributed by atoms with van der Waals surface area (Å²) in [7, 11) is 0. The van der Waals surface area contributed by atoms with Gasteiger partial charge in [-0.25, -0.2) is 0 Å². The number of hydrogen-bond acceptors (Lipinski definition) is 3. The number of aryl methyl sites for hydroxylation is 2. The van der Waals surface area contributed by atoms with Gasteiger partial charge in [0.25, 0.3) is 5.91 Å². The van der Waals surface area contributed by atoms with Gasteiger partial charge in [0, 0.05) is 18.6 Å². The maximum Gasteiger partial charge on any atom is 0.257 e. The number of nitrogens with zero attached hydrogens (tertiary/aromatic N) is 1. The van der Waals surface area contributed by atoms with Crippen molar-refractivity contribution in [2.45, 2.75) is 25.8 Å². The SMILES string of the molecule is Cc1cc(C(=O)N2CC3CC3(N)C2)c(C)o1. The molecule has 0 bridgehead atoms. The summed E-state index contributed by atoms with van der Waals surface area (Å²) in [5.74, 6) is 2.07. The van der Waals surface area contributed by atoms with Gasteiger partial charge in [-0.3, -0.25) is 4.79 Å². The number of furan rings is 1. The van der Waals surface area contributed by atoms with Crippen molar-refractivity contribution in [3.8, 4) is 0 Å². The van der Waals surface area contributed by atoms with E-state index in [4.69, 9.17) is 10.2 Å². The molecule has 2 aliphatic rings.